The summed E-state index contributed by atoms with van der Waals surface area (Å²) >= 11 is 3.59. The molecular weight excluding hydrogens is 252 g/mol. The Balaban J connectivity index is 2.09. The van der Waals surface area contributed by atoms with Gasteiger partial charge in [0.1, 0.15) is 6.17 Å². The van der Waals surface area contributed by atoms with Crippen LogP contribution in [-0.4, -0.2) is 34.9 Å². The van der Waals surface area contributed by atoms with Crippen LogP contribution in [-0.2, 0) is 4.79 Å². The third-order valence-electron chi connectivity index (χ3n) is 2.86. The monoisotopic (exact) mass is 270 g/mol. The number of nitrogens with one attached hydrogen (secondary N) is 1. The zero-order valence-corrected chi connectivity index (χ0v) is 11.8. The summed E-state index contributed by atoms with van der Waals surface area (Å²) in [6.45, 7) is 4.75. The van der Waals surface area contributed by atoms with Crippen LogP contribution in [0.1, 0.15) is 24.9 Å². The highest BCUT2D eigenvalue weighted by atomic mass is 32.2. The van der Waals surface area contributed by atoms with Gasteiger partial charge in [-0.15, -0.1) is 11.3 Å². The average Bonchev–Trinajstić information content (AvgIpc) is 2.94. The van der Waals surface area contributed by atoms with Crippen LogP contribution in [0.4, 0.5) is 0 Å². The highest BCUT2D eigenvalue weighted by Gasteiger charge is 2.35. The lowest BCUT2D eigenvalue weighted by Crippen LogP contribution is -2.39. The van der Waals surface area contributed by atoms with Gasteiger partial charge in [-0.05, 0) is 24.1 Å². The van der Waals surface area contributed by atoms with Gasteiger partial charge in [0.2, 0.25) is 5.91 Å². The number of carbonyl (C=O) groups excluding carboxylic acids is 1. The van der Waals surface area contributed by atoms with Gasteiger partial charge in [0.15, 0.2) is 0 Å². The summed E-state index contributed by atoms with van der Waals surface area (Å²) in [6, 6.07) is 4.41. The van der Waals surface area contributed by atoms with Gasteiger partial charge in [0, 0.05) is 16.7 Å². The molecule has 0 aromatic carbocycles. The molecule has 1 amide bonds. The zero-order chi connectivity index (χ0) is 12.3. The average molecular weight is 270 g/mol. The Labute approximate surface area is 111 Å². The maximum Gasteiger partial charge on any atom is 0.238 e. The summed E-state index contributed by atoms with van der Waals surface area (Å²) < 4.78 is 0. The molecule has 0 saturated carbocycles. The molecular formula is C12H18N2OS2. The van der Waals surface area contributed by atoms with Crippen LogP contribution in [0.3, 0.4) is 0 Å². The lowest BCUT2D eigenvalue weighted by atomic mass is 10.2. The number of hydrogen-bond donors (Lipinski definition) is 1. The third-order valence-corrected chi connectivity index (χ3v) is 4.91. The molecule has 1 N–H and O–H groups in total. The fourth-order valence-corrected chi connectivity index (χ4v) is 3.61. The van der Waals surface area contributed by atoms with E-state index in [1.165, 1.54) is 4.88 Å². The molecule has 3 nitrogen and oxygen atoms in total. The Morgan fingerprint density at radius 2 is 2.53 bits per heavy atom. The molecule has 1 aromatic rings. The van der Waals surface area contributed by atoms with Gasteiger partial charge in [-0.25, -0.2) is 0 Å². The first-order chi connectivity index (χ1) is 8.24. The van der Waals surface area contributed by atoms with Crippen molar-refractivity contribution in [2.75, 3.05) is 18.1 Å². The molecule has 5 heteroatoms. The van der Waals surface area contributed by atoms with Crippen molar-refractivity contribution in [3.05, 3.63) is 22.4 Å². The largest absolute Gasteiger partial charge is 0.317 e. The van der Waals surface area contributed by atoms with Gasteiger partial charge in [0.05, 0.1) is 6.54 Å². The molecule has 0 spiro atoms. The minimum absolute atomic E-state index is 0.0787. The van der Waals surface area contributed by atoms with E-state index in [1.807, 2.05) is 22.7 Å². The number of amides is 1. The molecule has 0 aliphatic carbocycles. The molecule has 1 aromatic heterocycles. The van der Waals surface area contributed by atoms with Gasteiger partial charge >= 0.3 is 0 Å². The Bertz CT molecular complexity index is 367. The van der Waals surface area contributed by atoms with E-state index in [0.29, 0.717) is 6.54 Å². The minimum atomic E-state index is 0.0787. The molecule has 2 rings (SSSR count). The number of nitrogens with zero attached hydrogens (tertiary/aromatic N) is 1. The van der Waals surface area contributed by atoms with E-state index in [9.17, 15) is 4.79 Å². The smallest absolute Gasteiger partial charge is 0.238 e. The standard InChI is InChI=1S/C12H18N2OS2/c1-3-16-8-9(2)14-11(15)7-13-12(14)10-5-4-6-17-10/h4-6,9,12-13H,3,7-8H2,1-2H3. The van der Waals surface area contributed by atoms with E-state index in [-0.39, 0.29) is 18.1 Å². The summed E-state index contributed by atoms with van der Waals surface area (Å²) in [7, 11) is 0. The van der Waals surface area contributed by atoms with Gasteiger partial charge in [-0.2, -0.15) is 11.8 Å². The van der Waals surface area contributed by atoms with E-state index < -0.39 is 0 Å². The first kappa shape index (κ1) is 12.9. The van der Waals surface area contributed by atoms with Crippen LogP contribution < -0.4 is 5.32 Å². The number of rotatable bonds is 5. The molecule has 2 unspecified atom stereocenters. The zero-order valence-electron chi connectivity index (χ0n) is 10.2. The highest BCUT2D eigenvalue weighted by Crippen LogP contribution is 2.28. The summed E-state index contributed by atoms with van der Waals surface area (Å²) in [5.74, 6) is 2.32. The second kappa shape index (κ2) is 5.89. The Kier molecular flexibility index (Phi) is 4.48. The molecule has 17 heavy (non-hydrogen) atoms. The number of hydrogen-bond acceptors (Lipinski definition) is 4. The van der Waals surface area contributed by atoms with E-state index >= 15 is 0 Å². The second-order valence-electron chi connectivity index (χ2n) is 4.11. The quantitative estimate of drug-likeness (QED) is 0.891. The maximum absolute atomic E-state index is 11.9. The predicted molar refractivity (Wildman–Crippen MR) is 74.4 cm³/mol. The summed E-state index contributed by atoms with van der Waals surface area (Å²) in [4.78, 5) is 15.2. The molecule has 94 valence electrons. The van der Waals surface area contributed by atoms with Crippen LogP contribution in [0, 0.1) is 0 Å². The van der Waals surface area contributed by atoms with Crippen molar-refractivity contribution in [2.24, 2.45) is 0 Å². The summed E-state index contributed by atoms with van der Waals surface area (Å²) in [6.07, 6.45) is 0.0787. The van der Waals surface area contributed by atoms with Gasteiger partial charge in [-0.1, -0.05) is 13.0 Å². The maximum atomic E-state index is 11.9. The van der Waals surface area contributed by atoms with Crippen LogP contribution >= 0.6 is 23.1 Å². The first-order valence-electron chi connectivity index (χ1n) is 5.89. The molecule has 1 aliphatic rings. The SMILES string of the molecule is CCSCC(C)N1C(=O)CNC1c1cccs1. The Morgan fingerprint density at radius 3 is 3.18 bits per heavy atom. The molecule has 0 bridgehead atoms. The minimum Gasteiger partial charge on any atom is -0.317 e. The normalized spacial score (nSPS) is 22.1. The van der Waals surface area contributed by atoms with Crippen molar-refractivity contribution in [1.82, 2.24) is 10.2 Å². The fraction of sp³-hybridized carbons (Fsp3) is 0.583. The molecule has 1 saturated heterocycles. The molecule has 1 aliphatic heterocycles. The predicted octanol–water partition coefficient (Wildman–Crippen LogP) is 2.32. The van der Waals surface area contributed by atoms with E-state index in [4.69, 9.17) is 0 Å². The van der Waals surface area contributed by atoms with Crippen molar-refractivity contribution >= 4 is 29.0 Å². The molecule has 0 radical (unpaired) electrons. The number of thiophene rings is 1. The van der Waals surface area contributed by atoms with Crippen LogP contribution in [0.5, 0.6) is 0 Å². The lowest BCUT2D eigenvalue weighted by molar-refractivity contribution is -0.129. The van der Waals surface area contributed by atoms with E-state index in [2.05, 4.69) is 30.6 Å². The van der Waals surface area contributed by atoms with Crippen molar-refractivity contribution in [3.8, 4) is 0 Å². The van der Waals surface area contributed by atoms with Crippen molar-refractivity contribution in [2.45, 2.75) is 26.1 Å². The van der Waals surface area contributed by atoms with Crippen molar-refractivity contribution < 1.29 is 4.79 Å². The fourth-order valence-electron chi connectivity index (χ4n) is 2.07. The van der Waals surface area contributed by atoms with Crippen LogP contribution in [0.15, 0.2) is 17.5 Å². The van der Waals surface area contributed by atoms with Gasteiger partial charge < -0.3 is 4.90 Å². The Morgan fingerprint density at radius 1 is 1.71 bits per heavy atom. The number of carbonyl (C=O) groups is 1. The van der Waals surface area contributed by atoms with Gasteiger partial charge in [-0.3, -0.25) is 10.1 Å². The Hall–Kier alpha value is -0.520. The second-order valence-corrected chi connectivity index (χ2v) is 6.41. The molecule has 2 heterocycles. The lowest BCUT2D eigenvalue weighted by Gasteiger charge is -2.29. The van der Waals surface area contributed by atoms with Crippen LogP contribution in [0.25, 0.3) is 0 Å². The summed E-state index contributed by atoms with van der Waals surface area (Å²) in [5, 5.41) is 5.35. The first-order valence-corrected chi connectivity index (χ1v) is 7.93. The number of thioether (sulfide) groups is 1. The van der Waals surface area contributed by atoms with Crippen molar-refractivity contribution in [1.29, 1.82) is 0 Å². The van der Waals surface area contributed by atoms with Crippen LogP contribution in [0.2, 0.25) is 0 Å². The third kappa shape index (κ3) is 2.84. The topological polar surface area (TPSA) is 32.3 Å². The summed E-state index contributed by atoms with van der Waals surface area (Å²) in [5.41, 5.74) is 0. The molecule has 2 atom stereocenters. The van der Waals surface area contributed by atoms with Gasteiger partial charge in [0.25, 0.3) is 0 Å². The van der Waals surface area contributed by atoms with Crippen molar-refractivity contribution in [3.63, 3.8) is 0 Å². The van der Waals surface area contributed by atoms with E-state index in [0.717, 1.165) is 11.5 Å². The highest BCUT2D eigenvalue weighted by molar-refractivity contribution is 7.99. The van der Waals surface area contributed by atoms with E-state index in [1.54, 1.807) is 11.3 Å². The molecule has 1 fully saturated rings.